The predicted molar refractivity (Wildman–Crippen MR) is 68.0 cm³/mol. The molecule has 3 aromatic rings. The van der Waals surface area contributed by atoms with Crippen molar-refractivity contribution in [1.82, 2.24) is 14.6 Å². The van der Waals surface area contributed by atoms with Crippen molar-refractivity contribution < 1.29 is 0 Å². The third-order valence-corrected chi connectivity index (χ3v) is 3.30. The number of benzene rings is 1. The molecule has 0 saturated carbocycles. The lowest BCUT2D eigenvalue weighted by Gasteiger charge is -2.00. The highest BCUT2D eigenvalue weighted by Crippen LogP contribution is 2.27. The summed E-state index contributed by atoms with van der Waals surface area (Å²) in [5.41, 5.74) is 7.34. The average molecular weight is 242 g/mol. The lowest BCUT2D eigenvalue weighted by molar-refractivity contribution is 0.921. The van der Waals surface area contributed by atoms with Crippen LogP contribution in [0.4, 0.5) is 5.69 Å². The lowest BCUT2D eigenvalue weighted by atomic mass is 10.3. The van der Waals surface area contributed by atoms with Crippen LogP contribution in [-0.2, 0) is 0 Å². The maximum absolute atomic E-state index is 5.74. The molecule has 0 bridgehead atoms. The van der Waals surface area contributed by atoms with Crippen LogP contribution in [-0.4, -0.2) is 14.6 Å². The maximum atomic E-state index is 5.74. The van der Waals surface area contributed by atoms with Gasteiger partial charge in [-0.05, 0) is 42.1 Å². The second kappa shape index (κ2) is 4.10. The first-order chi connectivity index (χ1) is 8.33. The van der Waals surface area contributed by atoms with E-state index in [0.717, 1.165) is 21.4 Å². The van der Waals surface area contributed by atoms with Crippen molar-refractivity contribution in [2.75, 3.05) is 5.73 Å². The first kappa shape index (κ1) is 10.2. The molecule has 2 heterocycles. The minimum absolute atomic E-state index is 0.754. The number of hydrogen-bond acceptors (Lipinski definition) is 4. The topological polar surface area (TPSA) is 56.2 Å². The molecule has 0 fully saturated rings. The van der Waals surface area contributed by atoms with Gasteiger partial charge in [0.05, 0.1) is 0 Å². The molecule has 0 unspecified atom stereocenters. The fourth-order valence-corrected chi connectivity index (χ4v) is 2.46. The summed E-state index contributed by atoms with van der Waals surface area (Å²) in [5, 5.41) is 9.09. The van der Waals surface area contributed by atoms with Gasteiger partial charge in [0.25, 0.3) is 0 Å². The standard InChI is InChI=1S/C12H10N4S/c13-9-4-3-5-10(8-9)17-12-15-14-11-6-1-2-7-16(11)12/h1-8H,13H2. The fraction of sp³-hybridized carbons (Fsp3) is 0. The minimum Gasteiger partial charge on any atom is -0.399 e. The summed E-state index contributed by atoms with van der Waals surface area (Å²) in [6, 6.07) is 13.6. The van der Waals surface area contributed by atoms with Gasteiger partial charge in [0.15, 0.2) is 10.8 Å². The van der Waals surface area contributed by atoms with Crippen LogP contribution in [0.1, 0.15) is 0 Å². The van der Waals surface area contributed by atoms with Crippen molar-refractivity contribution in [2.24, 2.45) is 0 Å². The molecule has 0 aliphatic heterocycles. The lowest BCUT2D eigenvalue weighted by Crippen LogP contribution is -1.87. The number of nitrogens with zero attached hydrogens (tertiary/aromatic N) is 3. The van der Waals surface area contributed by atoms with Crippen molar-refractivity contribution in [3.05, 3.63) is 48.7 Å². The normalized spacial score (nSPS) is 10.8. The van der Waals surface area contributed by atoms with Crippen LogP contribution in [0.5, 0.6) is 0 Å². The molecule has 0 amide bonds. The van der Waals surface area contributed by atoms with E-state index < -0.39 is 0 Å². The van der Waals surface area contributed by atoms with E-state index in [-0.39, 0.29) is 0 Å². The van der Waals surface area contributed by atoms with Gasteiger partial charge in [-0.25, -0.2) is 0 Å². The Labute approximate surface area is 102 Å². The van der Waals surface area contributed by atoms with Crippen LogP contribution in [0.3, 0.4) is 0 Å². The molecule has 2 aromatic heterocycles. The fourth-order valence-electron chi connectivity index (χ4n) is 1.57. The number of rotatable bonds is 2. The Bertz CT molecular complexity index is 662. The number of nitrogen functional groups attached to an aromatic ring is 1. The van der Waals surface area contributed by atoms with Crippen LogP contribution < -0.4 is 5.73 Å². The van der Waals surface area contributed by atoms with Crippen molar-refractivity contribution in [1.29, 1.82) is 0 Å². The highest BCUT2D eigenvalue weighted by molar-refractivity contribution is 7.99. The molecule has 5 heteroatoms. The van der Waals surface area contributed by atoms with E-state index in [1.807, 2.05) is 53.1 Å². The van der Waals surface area contributed by atoms with E-state index in [2.05, 4.69) is 10.2 Å². The summed E-state index contributed by atoms with van der Waals surface area (Å²) in [4.78, 5) is 1.06. The van der Waals surface area contributed by atoms with Crippen LogP contribution >= 0.6 is 11.8 Å². The Balaban J connectivity index is 2.00. The quantitative estimate of drug-likeness (QED) is 0.701. The molecule has 0 saturated heterocycles. The van der Waals surface area contributed by atoms with Gasteiger partial charge in [-0.15, -0.1) is 10.2 Å². The Morgan fingerprint density at radius 1 is 1.06 bits per heavy atom. The number of pyridine rings is 1. The van der Waals surface area contributed by atoms with E-state index in [1.165, 1.54) is 0 Å². The second-order valence-corrected chi connectivity index (χ2v) is 4.63. The monoisotopic (exact) mass is 242 g/mol. The average Bonchev–Trinajstić information content (AvgIpc) is 2.73. The second-order valence-electron chi connectivity index (χ2n) is 3.59. The van der Waals surface area contributed by atoms with Crippen molar-refractivity contribution in [2.45, 2.75) is 10.1 Å². The molecule has 1 aromatic carbocycles. The number of hydrogen-bond donors (Lipinski definition) is 1. The molecule has 3 rings (SSSR count). The molecular formula is C12H10N4S. The summed E-state index contributed by atoms with van der Waals surface area (Å²) in [6.07, 6.45) is 1.95. The Morgan fingerprint density at radius 3 is 2.88 bits per heavy atom. The van der Waals surface area contributed by atoms with Gasteiger partial charge in [0.2, 0.25) is 0 Å². The molecule has 0 atom stereocenters. The van der Waals surface area contributed by atoms with Crippen molar-refractivity contribution in [3.8, 4) is 0 Å². The third-order valence-electron chi connectivity index (χ3n) is 2.35. The van der Waals surface area contributed by atoms with E-state index in [9.17, 15) is 0 Å². The van der Waals surface area contributed by atoms with Gasteiger partial charge in [-0.2, -0.15) is 0 Å². The van der Waals surface area contributed by atoms with Crippen LogP contribution in [0.25, 0.3) is 5.65 Å². The number of fused-ring (bicyclic) bond motifs is 1. The zero-order valence-electron chi connectivity index (χ0n) is 8.95. The summed E-state index contributed by atoms with van der Waals surface area (Å²) in [6.45, 7) is 0. The molecular weight excluding hydrogens is 232 g/mol. The van der Waals surface area contributed by atoms with Gasteiger partial charge >= 0.3 is 0 Å². The Morgan fingerprint density at radius 2 is 2.00 bits per heavy atom. The van der Waals surface area contributed by atoms with Gasteiger partial charge in [-0.3, -0.25) is 4.40 Å². The molecule has 0 aliphatic rings. The van der Waals surface area contributed by atoms with E-state index in [0.29, 0.717) is 0 Å². The van der Waals surface area contributed by atoms with Gasteiger partial charge < -0.3 is 5.73 Å². The predicted octanol–water partition coefficient (Wildman–Crippen LogP) is 2.46. The molecule has 17 heavy (non-hydrogen) atoms. The largest absolute Gasteiger partial charge is 0.399 e. The highest BCUT2D eigenvalue weighted by atomic mass is 32.2. The van der Waals surface area contributed by atoms with E-state index in [4.69, 9.17) is 5.73 Å². The smallest absolute Gasteiger partial charge is 0.200 e. The van der Waals surface area contributed by atoms with Crippen molar-refractivity contribution >= 4 is 23.1 Å². The summed E-state index contributed by atoms with van der Waals surface area (Å²) in [5.74, 6) is 0. The SMILES string of the molecule is Nc1cccc(Sc2nnc3ccccn23)c1. The van der Waals surface area contributed by atoms with Gasteiger partial charge in [-0.1, -0.05) is 12.1 Å². The molecule has 0 spiro atoms. The molecule has 0 radical (unpaired) electrons. The Hall–Kier alpha value is -2.01. The highest BCUT2D eigenvalue weighted by Gasteiger charge is 2.06. The van der Waals surface area contributed by atoms with E-state index >= 15 is 0 Å². The van der Waals surface area contributed by atoms with Crippen LogP contribution in [0.2, 0.25) is 0 Å². The Kier molecular flexibility index (Phi) is 2.45. The first-order valence-electron chi connectivity index (χ1n) is 5.16. The van der Waals surface area contributed by atoms with Crippen LogP contribution in [0.15, 0.2) is 58.7 Å². The maximum Gasteiger partial charge on any atom is 0.200 e. The summed E-state index contributed by atoms with van der Waals surface area (Å²) >= 11 is 1.55. The zero-order valence-corrected chi connectivity index (χ0v) is 9.76. The molecule has 4 nitrogen and oxygen atoms in total. The number of nitrogens with two attached hydrogens (primary N) is 1. The number of aromatic nitrogens is 3. The van der Waals surface area contributed by atoms with Crippen molar-refractivity contribution in [3.63, 3.8) is 0 Å². The number of anilines is 1. The third kappa shape index (κ3) is 1.97. The van der Waals surface area contributed by atoms with Crippen LogP contribution in [0, 0.1) is 0 Å². The van der Waals surface area contributed by atoms with Gasteiger partial charge in [0.1, 0.15) is 0 Å². The first-order valence-corrected chi connectivity index (χ1v) is 5.98. The summed E-state index contributed by atoms with van der Waals surface area (Å²) < 4.78 is 1.95. The minimum atomic E-state index is 0.754. The summed E-state index contributed by atoms with van der Waals surface area (Å²) in [7, 11) is 0. The molecule has 0 aliphatic carbocycles. The molecule has 84 valence electrons. The van der Waals surface area contributed by atoms with Gasteiger partial charge in [0, 0.05) is 16.8 Å². The van der Waals surface area contributed by atoms with E-state index in [1.54, 1.807) is 11.8 Å². The zero-order chi connectivity index (χ0) is 11.7. The molecule has 2 N–H and O–H groups in total.